The van der Waals surface area contributed by atoms with Gasteiger partial charge in [-0.05, 0) is 31.5 Å². The Morgan fingerprint density at radius 3 is 2.95 bits per heavy atom. The maximum atomic E-state index is 11.0. The van der Waals surface area contributed by atoms with E-state index < -0.39 is 16.8 Å². The van der Waals surface area contributed by atoms with Crippen LogP contribution in [0, 0.1) is 0 Å². The molecule has 0 amide bonds. The van der Waals surface area contributed by atoms with Gasteiger partial charge in [-0.25, -0.2) is 0 Å². The molecule has 0 saturated heterocycles. The number of rotatable bonds is 5. The minimum absolute atomic E-state index is 0.570. The fraction of sp³-hybridized carbons (Fsp3) is 0.500. The van der Waals surface area contributed by atoms with Gasteiger partial charge >= 0.3 is 5.97 Å². The van der Waals surface area contributed by atoms with Crippen molar-refractivity contribution in [1.29, 1.82) is 0 Å². The molecule has 1 aliphatic rings. The average molecular weight is 316 g/mol. The summed E-state index contributed by atoms with van der Waals surface area (Å²) >= 11 is 7.61. The summed E-state index contributed by atoms with van der Waals surface area (Å²) in [5, 5.41) is 9.72. The van der Waals surface area contributed by atoms with Gasteiger partial charge in [-0.2, -0.15) is 0 Å². The van der Waals surface area contributed by atoms with Gasteiger partial charge in [0.1, 0.15) is 11.8 Å². The third-order valence-corrected chi connectivity index (χ3v) is 5.11. The highest BCUT2D eigenvalue weighted by atomic mass is 35.5. The van der Waals surface area contributed by atoms with Crippen molar-refractivity contribution in [2.45, 2.75) is 36.8 Å². The van der Waals surface area contributed by atoms with Gasteiger partial charge in [0, 0.05) is 27.5 Å². The number of fused-ring (bicyclic) bond motifs is 1. The summed E-state index contributed by atoms with van der Waals surface area (Å²) in [6, 6.07) is 2.88. The van der Waals surface area contributed by atoms with Gasteiger partial charge in [-0.3, -0.25) is 4.79 Å². The Kier molecular flexibility index (Phi) is 4.52. The Hall–Kier alpha value is -0.910. The monoisotopic (exact) mass is 315 g/mol. The molecule has 20 heavy (non-hydrogen) atoms. The molecule has 0 aliphatic carbocycles. The van der Waals surface area contributed by atoms with Gasteiger partial charge < -0.3 is 15.6 Å². The van der Waals surface area contributed by atoms with Crippen LogP contribution in [0.25, 0.3) is 0 Å². The van der Waals surface area contributed by atoms with Gasteiger partial charge in [0.05, 0.1) is 6.61 Å². The number of ether oxygens (including phenoxy) is 1. The van der Waals surface area contributed by atoms with Gasteiger partial charge in [-0.15, -0.1) is 11.8 Å². The van der Waals surface area contributed by atoms with E-state index in [4.69, 9.17) is 27.2 Å². The van der Waals surface area contributed by atoms with Crippen LogP contribution in [-0.2, 0) is 17.0 Å². The molecule has 1 aliphatic heterocycles. The Bertz CT molecular complexity index is 533. The zero-order valence-corrected chi connectivity index (χ0v) is 13.1. The van der Waals surface area contributed by atoms with Crippen LogP contribution in [-0.4, -0.2) is 28.5 Å². The third-order valence-electron chi connectivity index (χ3n) is 3.44. The van der Waals surface area contributed by atoms with Crippen LogP contribution in [0.1, 0.15) is 25.0 Å². The lowest BCUT2D eigenvalue weighted by molar-refractivity contribution is -0.139. The summed E-state index contributed by atoms with van der Waals surface area (Å²) in [4.78, 5) is 11.0. The van der Waals surface area contributed by atoms with E-state index in [0.717, 1.165) is 23.3 Å². The zero-order chi connectivity index (χ0) is 14.9. The molecule has 6 heteroatoms. The van der Waals surface area contributed by atoms with E-state index in [1.54, 1.807) is 0 Å². The predicted octanol–water partition coefficient (Wildman–Crippen LogP) is 2.70. The first-order valence-corrected chi connectivity index (χ1v) is 7.74. The Balaban J connectivity index is 2.14. The van der Waals surface area contributed by atoms with Crippen molar-refractivity contribution in [2.24, 2.45) is 5.73 Å². The number of hydrogen-bond donors (Lipinski definition) is 2. The highest BCUT2D eigenvalue weighted by Crippen LogP contribution is 2.38. The third kappa shape index (κ3) is 3.22. The summed E-state index contributed by atoms with van der Waals surface area (Å²) < 4.78 is 5.07. The lowest BCUT2D eigenvalue weighted by Crippen LogP contribution is -2.46. The Morgan fingerprint density at radius 1 is 1.60 bits per heavy atom. The van der Waals surface area contributed by atoms with E-state index >= 15 is 0 Å². The zero-order valence-electron chi connectivity index (χ0n) is 11.5. The topological polar surface area (TPSA) is 72.5 Å². The molecule has 1 aromatic carbocycles. The highest BCUT2D eigenvalue weighted by molar-refractivity contribution is 7.99. The number of carbonyl (C=O) groups is 1. The standard InChI is InChI=1S/C14H18ClNO3S/c1-14(2,12(16)13(17)18)20-7-9-6-10(15)5-8-3-4-19-11(8)9/h5-6,12H,3-4,7,16H2,1-2H3,(H,17,18)/t12-/m1/s1. The van der Waals surface area contributed by atoms with Crippen molar-refractivity contribution in [3.05, 3.63) is 28.3 Å². The molecule has 4 nitrogen and oxygen atoms in total. The minimum Gasteiger partial charge on any atom is -0.493 e. The second-order valence-electron chi connectivity index (χ2n) is 5.36. The van der Waals surface area contributed by atoms with Gasteiger partial charge in [0.25, 0.3) is 0 Å². The molecular formula is C14H18ClNO3S. The number of carboxylic acids is 1. The largest absolute Gasteiger partial charge is 0.493 e. The quantitative estimate of drug-likeness (QED) is 0.874. The van der Waals surface area contributed by atoms with Crippen molar-refractivity contribution in [3.8, 4) is 5.75 Å². The van der Waals surface area contributed by atoms with Crippen LogP contribution in [0.4, 0.5) is 0 Å². The first-order valence-electron chi connectivity index (χ1n) is 6.37. The number of nitrogens with two attached hydrogens (primary N) is 1. The molecule has 1 heterocycles. The van der Waals surface area contributed by atoms with E-state index in [1.807, 2.05) is 26.0 Å². The maximum absolute atomic E-state index is 11.0. The summed E-state index contributed by atoms with van der Waals surface area (Å²) in [6.07, 6.45) is 0.867. The number of aliphatic carboxylic acids is 1. The van der Waals surface area contributed by atoms with E-state index in [1.165, 1.54) is 11.8 Å². The molecule has 0 bridgehead atoms. The number of hydrogen-bond acceptors (Lipinski definition) is 4. The molecule has 0 spiro atoms. The van der Waals surface area contributed by atoms with E-state index in [2.05, 4.69) is 0 Å². The van der Waals surface area contributed by atoms with Crippen LogP contribution in [0.15, 0.2) is 12.1 Å². The van der Waals surface area contributed by atoms with Crippen LogP contribution in [0.5, 0.6) is 5.75 Å². The number of benzene rings is 1. The smallest absolute Gasteiger partial charge is 0.321 e. The minimum atomic E-state index is -0.991. The Morgan fingerprint density at radius 2 is 2.30 bits per heavy atom. The van der Waals surface area contributed by atoms with Crippen molar-refractivity contribution in [2.75, 3.05) is 6.61 Å². The lowest BCUT2D eigenvalue weighted by atomic mass is 10.1. The number of halogens is 1. The summed E-state index contributed by atoms with van der Waals surface area (Å²) in [5.41, 5.74) is 7.84. The molecule has 0 radical (unpaired) electrons. The molecule has 0 fully saturated rings. The van der Waals surface area contributed by atoms with Crippen molar-refractivity contribution in [1.82, 2.24) is 0 Å². The maximum Gasteiger partial charge on any atom is 0.321 e. The van der Waals surface area contributed by atoms with Crippen molar-refractivity contribution in [3.63, 3.8) is 0 Å². The molecule has 110 valence electrons. The number of thioether (sulfide) groups is 1. The second kappa shape index (κ2) is 5.84. The van der Waals surface area contributed by atoms with Crippen LogP contribution in [0.2, 0.25) is 5.02 Å². The van der Waals surface area contributed by atoms with Gasteiger partial charge in [0.2, 0.25) is 0 Å². The van der Waals surface area contributed by atoms with Crippen molar-refractivity contribution >= 4 is 29.3 Å². The summed E-state index contributed by atoms with van der Waals surface area (Å²) in [5.74, 6) is 0.522. The molecule has 1 aromatic rings. The molecule has 2 rings (SSSR count). The van der Waals surface area contributed by atoms with E-state index in [-0.39, 0.29) is 0 Å². The molecule has 0 unspecified atom stereocenters. The fourth-order valence-electron chi connectivity index (χ4n) is 2.10. The van der Waals surface area contributed by atoms with E-state index in [9.17, 15) is 4.79 Å². The summed E-state index contributed by atoms with van der Waals surface area (Å²) in [7, 11) is 0. The van der Waals surface area contributed by atoms with Crippen LogP contribution >= 0.6 is 23.4 Å². The number of carboxylic acid groups (broad SMARTS) is 1. The summed E-state index contributed by atoms with van der Waals surface area (Å²) in [6.45, 7) is 4.34. The van der Waals surface area contributed by atoms with Gasteiger partial charge in [-0.1, -0.05) is 11.6 Å². The lowest BCUT2D eigenvalue weighted by Gasteiger charge is -2.28. The first-order chi connectivity index (χ1) is 9.31. The van der Waals surface area contributed by atoms with Crippen molar-refractivity contribution < 1.29 is 14.6 Å². The molecule has 0 saturated carbocycles. The van der Waals surface area contributed by atoms with Gasteiger partial charge in [0.15, 0.2) is 0 Å². The molecular weight excluding hydrogens is 298 g/mol. The SMILES string of the molecule is CC(C)(SCc1cc(Cl)cc2c1OCC2)[C@H](N)C(=O)O. The Labute approximate surface area is 127 Å². The van der Waals surface area contributed by atoms with Crippen LogP contribution in [0.3, 0.4) is 0 Å². The second-order valence-corrected chi connectivity index (χ2v) is 7.43. The normalized spacial score (nSPS) is 15.6. The fourth-order valence-corrected chi connectivity index (χ4v) is 3.39. The van der Waals surface area contributed by atoms with Crippen LogP contribution < -0.4 is 10.5 Å². The average Bonchev–Trinajstić information content (AvgIpc) is 2.82. The highest BCUT2D eigenvalue weighted by Gasteiger charge is 2.33. The predicted molar refractivity (Wildman–Crippen MR) is 81.6 cm³/mol. The first kappa shape index (κ1) is 15.5. The molecule has 1 atom stereocenters. The molecule has 3 N–H and O–H groups in total. The van der Waals surface area contributed by atoms with E-state index in [0.29, 0.717) is 17.4 Å². The molecule has 0 aromatic heterocycles.